The summed E-state index contributed by atoms with van der Waals surface area (Å²) in [4.78, 5) is 18.2. The highest BCUT2D eigenvalue weighted by Crippen LogP contribution is 2.18. The molecule has 0 unspecified atom stereocenters. The van der Waals surface area contributed by atoms with E-state index < -0.39 is 18.7 Å². The molecule has 0 aliphatic heterocycles. The molecule has 10 heteroatoms. The first kappa shape index (κ1) is 21.2. The van der Waals surface area contributed by atoms with Gasteiger partial charge in [0.2, 0.25) is 5.88 Å². The zero-order chi connectivity index (χ0) is 21.7. The average molecular weight is 419 g/mol. The molecule has 0 atom stereocenters. The van der Waals surface area contributed by atoms with E-state index in [9.17, 15) is 18.0 Å². The molecule has 0 radical (unpaired) electrons. The van der Waals surface area contributed by atoms with E-state index in [1.165, 1.54) is 12.1 Å². The number of hydrogen-bond donors (Lipinski definition) is 1. The van der Waals surface area contributed by atoms with Crippen LogP contribution in [-0.2, 0) is 6.54 Å². The van der Waals surface area contributed by atoms with Gasteiger partial charge in [-0.25, -0.2) is 9.67 Å². The minimum absolute atomic E-state index is 0.178. The number of carbonyl (C=O) groups is 1. The van der Waals surface area contributed by atoms with Gasteiger partial charge in [0.1, 0.15) is 5.82 Å². The number of alkyl halides is 3. The summed E-state index contributed by atoms with van der Waals surface area (Å²) in [6.07, 6.45) is -1.74. The maximum atomic E-state index is 12.4. The normalized spacial score (nSPS) is 11.2. The van der Waals surface area contributed by atoms with Crippen molar-refractivity contribution in [3.8, 4) is 5.88 Å². The van der Waals surface area contributed by atoms with E-state index in [2.05, 4.69) is 20.1 Å². The topological polar surface area (TPSA) is 72.3 Å². The molecule has 0 saturated carbocycles. The Balaban J connectivity index is 1.63. The number of hydrogen-bond acceptors (Lipinski definition) is 5. The van der Waals surface area contributed by atoms with Crippen LogP contribution in [0.5, 0.6) is 5.88 Å². The lowest BCUT2D eigenvalue weighted by molar-refractivity contribution is -0.154. The molecule has 30 heavy (non-hydrogen) atoms. The average Bonchev–Trinajstić information content (AvgIpc) is 3.13. The van der Waals surface area contributed by atoms with Gasteiger partial charge in [-0.1, -0.05) is 12.1 Å². The molecule has 1 amide bonds. The zero-order valence-electron chi connectivity index (χ0n) is 16.3. The highest BCUT2D eigenvalue weighted by atomic mass is 19.4. The Morgan fingerprint density at radius 3 is 2.47 bits per heavy atom. The second kappa shape index (κ2) is 8.85. The first-order valence-electron chi connectivity index (χ1n) is 8.96. The third kappa shape index (κ3) is 5.72. The third-order valence-corrected chi connectivity index (χ3v) is 4.13. The molecular formula is C20H20F3N5O2. The summed E-state index contributed by atoms with van der Waals surface area (Å²) in [6, 6.07) is 12.1. The van der Waals surface area contributed by atoms with Gasteiger partial charge in [-0.3, -0.25) is 4.79 Å². The summed E-state index contributed by atoms with van der Waals surface area (Å²) in [7, 11) is 3.92. The predicted octanol–water partition coefficient (Wildman–Crippen LogP) is 3.59. The van der Waals surface area contributed by atoms with Crippen LogP contribution in [0.1, 0.15) is 15.9 Å². The van der Waals surface area contributed by atoms with E-state index in [1.807, 2.05) is 43.3 Å². The van der Waals surface area contributed by atoms with Crippen molar-refractivity contribution >= 4 is 17.4 Å². The van der Waals surface area contributed by atoms with Crippen LogP contribution in [0.4, 0.5) is 24.7 Å². The molecule has 3 rings (SSSR count). The van der Waals surface area contributed by atoms with E-state index >= 15 is 0 Å². The maximum absolute atomic E-state index is 12.4. The van der Waals surface area contributed by atoms with Crippen LogP contribution in [-0.4, -0.2) is 47.6 Å². The van der Waals surface area contributed by atoms with E-state index in [0.717, 1.165) is 17.4 Å². The summed E-state index contributed by atoms with van der Waals surface area (Å²) in [5.74, 6) is -0.196. The fraction of sp³-hybridized carbons (Fsp3) is 0.250. The fourth-order valence-corrected chi connectivity index (χ4v) is 2.58. The van der Waals surface area contributed by atoms with Gasteiger partial charge >= 0.3 is 6.18 Å². The molecular weight excluding hydrogens is 399 g/mol. The van der Waals surface area contributed by atoms with Gasteiger partial charge < -0.3 is 15.0 Å². The highest BCUT2D eigenvalue weighted by Gasteiger charge is 2.28. The molecule has 0 fully saturated rings. The zero-order valence-corrected chi connectivity index (χ0v) is 16.3. The lowest BCUT2D eigenvalue weighted by atomic mass is 10.2. The largest absolute Gasteiger partial charge is 0.468 e. The van der Waals surface area contributed by atoms with Crippen LogP contribution in [0.15, 0.2) is 54.9 Å². The highest BCUT2D eigenvalue weighted by molar-refractivity contribution is 6.03. The molecule has 0 spiro atoms. The fourth-order valence-electron chi connectivity index (χ4n) is 2.58. The summed E-state index contributed by atoms with van der Waals surface area (Å²) in [5.41, 5.74) is 2.26. The Kier molecular flexibility index (Phi) is 6.24. The number of nitrogens with one attached hydrogen (secondary N) is 1. The predicted molar refractivity (Wildman–Crippen MR) is 106 cm³/mol. The molecule has 158 valence electrons. The number of rotatable bonds is 7. The lowest BCUT2D eigenvalue weighted by Gasteiger charge is -2.13. The van der Waals surface area contributed by atoms with Crippen molar-refractivity contribution < 1.29 is 22.7 Å². The van der Waals surface area contributed by atoms with Gasteiger partial charge in [-0.15, -0.1) is 0 Å². The van der Waals surface area contributed by atoms with Gasteiger partial charge in [0, 0.05) is 38.1 Å². The van der Waals surface area contributed by atoms with Crippen LogP contribution in [0.2, 0.25) is 0 Å². The Morgan fingerprint density at radius 1 is 1.13 bits per heavy atom. The Morgan fingerprint density at radius 2 is 1.87 bits per heavy atom. The third-order valence-electron chi connectivity index (χ3n) is 4.13. The van der Waals surface area contributed by atoms with Crippen LogP contribution in [0.25, 0.3) is 0 Å². The van der Waals surface area contributed by atoms with Gasteiger partial charge in [-0.05, 0) is 23.8 Å². The second-order valence-electron chi connectivity index (χ2n) is 6.68. The second-order valence-corrected chi connectivity index (χ2v) is 6.68. The number of halogens is 3. The monoisotopic (exact) mass is 419 g/mol. The van der Waals surface area contributed by atoms with E-state index in [-0.39, 0.29) is 11.4 Å². The number of carbonyl (C=O) groups excluding carboxylic acids is 1. The van der Waals surface area contributed by atoms with Crippen molar-refractivity contribution in [2.24, 2.45) is 0 Å². The standard InChI is InChI=1S/C20H20F3N5O2/c1-27(2)16-6-3-14(4-7-16)12-28-17(9-10-25-28)26-19(29)15-5-8-18(24-11-15)30-13-20(21,22)23/h3-11H,12-13H2,1-2H3,(H,26,29). The molecule has 2 aromatic heterocycles. The van der Waals surface area contributed by atoms with Crippen molar-refractivity contribution in [1.29, 1.82) is 0 Å². The van der Waals surface area contributed by atoms with Gasteiger partial charge in [-0.2, -0.15) is 18.3 Å². The Hall–Kier alpha value is -3.56. The minimum Gasteiger partial charge on any atom is -0.468 e. The minimum atomic E-state index is -4.46. The van der Waals surface area contributed by atoms with Gasteiger partial charge in [0.25, 0.3) is 5.91 Å². The number of nitrogens with zero attached hydrogens (tertiary/aromatic N) is 4. The molecule has 0 saturated heterocycles. The summed E-state index contributed by atoms with van der Waals surface area (Å²) >= 11 is 0. The molecule has 0 aliphatic carbocycles. The molecule has 0 bridgehead atoms. The molecule has 7 nitrogen and oxygen atoms in total. The summed E-state index contributed by atoms with van der Waals surface area (Å²) < 4.78 is 42.7. The molecule has 1 N–H and O–H groups in total. The van der Waals surface area contributed by atoms with E-state index in [4.69, 9.17) is 0 Å². The molecule has 1 aromatic carbocycles. The van der Waals surface area contributed by atoms with Crippen molar-refractivity contribution in [3.05, 3.63) is 66.0 Å². The SMILES string of the molecule is CN(C)c1ccc(Cn2nccc2NC(=O)c2ccc(OCC(F)(F)F)nc2)cc1. The quantitative estimate of drug-likeness (QED) is 0.634. The van der Waals surface area contributed by atoms with Crippen LogP contribution >= 0.6 is 0 Å². The first-order valence-corrected chi connectivity index (χ1v) is 8.96. The van der Waals surface area contributed by atoms with Crippen molar-refractivity contribution in [1.82, 2.24) is 14.8 Å². The molecule has 0 aliphatic rings. The number of benzene rings is 1. The number of ether oxygens (including phenoxy) is 1. The molecule has 3 aromatic rings. The summed E-state index contributed by atoms with van der Waals surface area (Å²) in [6.45, 7) is -0.987. The number of aromatic nitrogens is 3. The number of amides is 1. The number of pyridine rings is 1. The van der Waals surface area contributed by atoms with Gasteiger partial charge in [0.15, 0.2) is 6.61 Å². The van der Waals surface area contributed by atoms with Crippen molar-refractivity contribution in [2.45, 2.75) is 12.7 Å². The van der Waals surface area contributed by atoms with Crippen molar-refractivity contribution in [2.75, 3.05) is 30.9 Å². The van der Waals surface area contributed by atoms with E-state index in [1.54, 1.807) is 16.9 Å². The van der Waals surface area contributed by atoms with Crippen LogP contribution in [0, 0.1) is 0 Å². The van der Waals surface area contributed by atoms with Crippen LogP contribution < -0.4 is 15.0 Å². The Bertz CT molecular complexity index is 983. The first-order chi connectivity index (χ1) is 14.2. The summed E-state index contributed by atoms with van der Waals surface area (Å²) in [5, 5.41) is 6.95. The Labute approximate surface area is 171 Å². The maximum Gasteiger partial charge on any atom is 0.422 e. The van der Waals surface area contributed by atoms with Crippen molar-refractivity contribution in [3.63, 3.8) is 0 Å². The lowest BCUT2D eigenvalue weighted by Crippen LogP contribution is -2.20. The molecule has 2 heterocycles. The number of anilines is 2. The van der Waals surface area contributed by atoms with E-state index in [0.29, 0.717) is 12.4 Å². The van der Waals surface area contributed by atoms with Crippen LogP contribution in [0.3, 0.4) is 0 Å². The smallest absolute Gasteiger partial charge is 0.422 e. The van der Waals surface area contributed by atoms with Gasteiger partial charge in [0.05, 0.1) is 18.3 Å².